The molecular formula is C9H8ClFN4O2S. The van der Waals surface area contributed by atoms with Crippen molar-refractivity contribution in [3.8, 4) is 11.4 Å². The predicted molar refractivity (Wildman–Crippen MR) is 62.8 cm³/mol. The Kier molecular flexibility index (Phi) is 3.09. The van der Waals surface area contributed by atoms with Crippen molar-refractivity contribution in [2.45, 2.75) is 5.16 Å². The molecule has 96 valence electrons. The van der Waals surface area contributed by atoms with Crippen molar-refractivity contribution in [1.82, 2.24) is 14.8 Å². The molecule has 0 amide bonds. The van der Waals surface area contributed by atoms with Crippen molar-refractivity contribution in [2.75, 3.05) is 0 Å². The van der Waals surface area contributed by atoms with Gasteiger partial charge in [-0.25, -0.2) is 17.9 Å². The van der Waals surface area contributed by atoms with Gasteiger partial charge < -0.3 is 0 Å². The maximum absolute atomic E-state index is 13.3. The van der Waals surface area contributed by atoms with E-state index < -0.39 is 21.0 Å². The summed E-state index contributed by atoms with van der Waals surface area (Å²) >= 11 is 5.79. The summed E-state index contributed by atoms with van der Waals surface area (Å²) in [5.74, 6) is -0.516. The first-order valence-corrected chi connectivity index (χ1v) is 6.61. The second-order valence-electron chi connectivity index (χ2n) is 3.51. The van der Waals surface area contributed by atoms with Gasteiger partial charge in [-0.2, -0.15) is 0 Å². The first kappa shape index (κ1) is 12.9. The molecular weight excluding hydrogens is 283 g/mol. The van der Waals surface area contributed by atoms with E-state index in [0.717, 1.165) is 4.57 Å². The fourth-order valence-corrected chi connectivity index (χ4v) is 2.31. The van der Waals surface area contributed by atoms with Crippen LogP contribution in [0.15, 0.2) is 23.4 Å². The van der Waals surface area contributed by atoms with Crippen LogP contribution in [0.2, 0.25) is 5.02 Å². The van der Waals surface area contributed by atoms with Crippen LogP contribution >= 0.6 is 11.6 Å². The highest BCUT2D eigenvalue weighted by molar-refractivity contribution is 7.89. The average Bonchev–Trinajstić information content (AvgIpc) is 2.64. The first-order valence-electron chi connectivity index (χ1n) is 4.69. The van der Waals surface area contributed by atoms with E-state index in [1.54, 1.807) is 0 Å². The molecule has 0 saturated heterocycles. The Balaban J connectivity index is 2.67. The molecule has 0 unspecified atom stereocenters. The van der Waals surface area contributed by atoms with Crippen LogP contribution in [0.5, 0.6) is 0 Å². The van der Waals surface area contributed by atoms with Gasteiger partial charge in [-0.05, 0) is 12.1 Å². The maximum Gasteiger partial charge on any atom is 0.273 e. The molecule has 9 heteroatoms. The highest BCUT2D eigenvalue weighted by atomic mass is 35.5. The van der Waals surface area contributed by atoms with Crippen LogP contribution in [0.1, 0.15) is 0 Å². The standard InChI is InChI=1S/C9H8ClFN4O2S/c1-15-8(13-14-9(15)18(12,16)17)5-3-2-4-6(11)7(5)10/h2-4H,1H3,(H2,12,16,17). The van der Waals surface area contributed by atoms with Crippen LogP contribution in [-0.2, 0) is 17.1 Å². The number of hydrogen-bond acceptors (Lipinski definition) is 4. The van der Waals surface area contributed by atoms with E-state index in [1.807, 2.05) is 0 Å². The van der Waals surface area contributed by atoms with E-state index in [0.29, 0.717) is 0 Å². The van der Waals surface area contributed by atoms with E-state index >= 15 is 0 Å². The number of nitrogens with zero attached hydrogens (tertiary/aromatic N) is 3. The van der Waals surface area contributed by atoms with E-state index in [4.69, 9.17) is 16.7 Å². The normalized spacial score (nSPS) is 11.8. The van der Waals surface area contributed by atoms with Gasteiger partial charge in [0.2, 0.25) is 0 Å². The highest BCUT2D eigenvalue weighted by Gasteiger charge is 2.21. The lowest BCUT2D eigenvalue weighted by atomic mass is 10.2. The zero-order valence-corrected chi connectivity index (χ0v) is 10.7. The fraction of sp³-hybridized carbons (Fsp3) is 0.111. The molecule has 0 bridgehead atoms. The van der Waals surface area contributed by atoms with Crippen molar-refractivity contribution in [1.29, 1.82) is 0 Å². The van der Waals surface area contributed by atoms with Gasteiger partial charge in [0.1, 0.15) is 5.82 Å². The minimum absolute atomic E-state index is 0.114. The Morgan fingerprint density at radius 2 is 2.06 bits per heavy atom. The van der Waals surface area contributed by atoms with E-state index in [9.17, 15) is 12.8 Å². The Morgan fingerprint density at radius 1 is 1.39 bits per heavy atom. The van der Waals surface area contributed by atoms with Gasteiger partial charge in [0.15, 0.2) is 5.82 Å². The van der Waals surface area contributed by atoms with Crippen molar-refractivity contribution in [2.24, 2.45) is 12.2 Å². The minimum atomic E-state index is -3.99. The molecule has 0 fully saturated rings. The second kappa shape index (κ2) is 4.30. The fourth-order valence-electron chi connectivity index (χ4n) is 1.47. The summed E-state index contributed by atoms with van der Waals surface area (Å²) in [5.41, 5.74) is 0.238. The van der Waals surface area contributed by atoms with Crippen LogP contribution in [0.4, 0.5) is 4.39 Å². The topological polar surface area (TPSA) is 90.9 Å². The quantitative estimate of drug-likeness (QED) is 0.890. The van der Waals surface area contributed by atoms with Crippen molar-refractivity contribution >= 4 is 21.6 Å². The van der Waals surface area contributed by atoms with E-state index in [-0.39, 0.29) is 16.4 Å². The zero-order chi connectivity index (χ0) is 13.5. The Morgan fingerprint density at radius 3 is 2.61 bits per heavy atom. The summed E-state index contributed by atoms with van der Waals surface area (Å²) in [6, 6.07) is 4.12. The average molecular weight is 291 g/mol. The molecule has 2 rings (SSSR count). The molecule has 6 nitrogen and oxygen atoms in total. The number of halogens is 2. The molecule has 1 aromatic heterocycles. The number of hydrogen-bond donors (Lipinski definition) is 1. The Hall–Kier alpha value is -1.51. The third-order valence-electron chi connectivity index (χ3n) is 2.28. The summed E-state index contributed by atoms with van der Waals surface area (Å²) in [5, 5.41) is 11.5. The van der Waals surface area contributed by atoms with Crippen molar-refractivity contribution < 1.29 is 12.8 Å². The van der Waals surface area contributed by atoms with Gasteiger partial charge in [0.05, 0.1) is 5.02 Å². The molecule has 0 radical (unpaired) electrons. The van der Waals surface area contributed by atoms with Gasteiger partial charge >= 0.3 is 0 Å². The molecule has 0 aliphatic rings. The van der Waals surface area contributed by atoms with Crippen molar-refractivity contribution in [3.63, 3.8) is 0 Å². The van der Waals surface area contributed by atoms with Gasteiger partial charge in [-0.1, -0.05) is 17.7 Å². The summed E-state index contributed by atoms with van der Waals surface area (Å²) < 4.78 is 36.8. The SMILES string of the molecule is Cn1c(-c2cccc(F)c2Cl)nnc1S(N)(=O)=O. The van der Waals surface area contributed by atoms with Gasteiger partial charge in [-0.3, -0.25) is 4.57 Å². The third-order valence-corrected chi connectivity index (χ3v) is 3.53. The predicted octanol–water partition coefficient (Wildman–Crippen LogP) is 0.922. The Bertz CT molecular complexity index is 713. The number of aromatic nitrogens is 3. The molecule has 0 spiro atoms. The number of rotatable bonds is 2. The molecule has 1 heterocycles. The number of sulfonamides is 1. The first-order chi connectivity index (χ1) is 8.32. The second-order valence-corrected chi connectivity index (χ2v) is 5.34. The lowest BCUT2D eigenvalue weighted by Gasteiger charge is -2.05. The molecule has 0 aliphatic heterocycles. The van der Waals surface area contributed by atoms with E-state index in [1.165, 1.54) is 25.2 Å². The summed E-state index contributed by atoms with van der Waals surface area (Å²) in [6.45, 7) is 0. The number of benzene rings is 1. The van der Waals surface area contributed by atoms with Crippen molar-refractivity contribution in [3.05, 3.63) is 29.0 Å². The Labute approximate surface area is 107 Å². The van der Waals surface area contributed by atoms with Crippen LogP contribution in [0.3, 0.4) is 0 Å². The van der Waals surface area contributed by atoms with Crippen LogP contribution < -0.4 is 5.14 Å². The third kappa shape index (κ3) is 2.09. The molecule has 18 heavy (non-hydrogen) atoms. The van der Waals surface area contributed by atoms with Crippen LogP contribution in [-0.4, -0.2) is 23.2 Å². The maximum atomic E-state index is 13.3. The largest absolute Gasteiger partial charge is 0.300 e. The lowest BCUT2D eigenvalue weighted by Crippen LogP contribution is -2.17. The summed E-state index contributed by atoms with van der Waals surface area (Å²) in [7, 11) is -2.59. The van der Waals surface area contributed by atoms with Crippen LogP contribution in [0.25, 0.3) is 11.4 Å². The molecule has 0 saturated carbocycles. The van der Waals surface area contributed by atoms with Crippen LogP contribution in [0, 0.1) is 5.82 Å². The molecule has 0 aliphatic carbocycles. The summed E-state index contributed by atoms with van der Waals surface area (Å²) in [6.07, 6.45) is 0. The lowest BCUT2D eigenvalue weighted by molar-refractivity contribution is 0.580. The molecule has 1 aromatic carbocycles. The smallest absolute Gasteiger partial charge is 0.273 e. The monoisotopic (exact) mass is 290 g/mol. The van der Waals surface area contributed by atoms with Gasteiger partial charge in [0, 0.05) is 12.6 Å². The van der Waals surface area contributed by atoms with Gasteiger partial charge in [0.25, 0.3) is 15.2 Å². The summed E-state index contributed by atoms with van der Waals surface area (Å²) in [4.78, 5) is 0. The van der Waals surface area contributed by atoms with Gasteiger partial charge in [-0.15, -0.1) is 10.2 Å². The zero-order valence-electron chi connectivity index (χ0n) is 9.13. The number of nitrogens with two attached hydrogens (primary N) is 1. The van der Waals surface area contributed by atoms with E-state index in [2.05, 4.69) is 10.2 Å². The minimum Gasteiger partial charge on any atom is -0.300 e. The molecule has 2 aromatic rings. The molecule has 0 atom stereocenters. The highest BCUT2D eigenvalue weighted by Crippen LogP contribution is 2.28. The number of primary sulfonamides is 1. The molecule has 2 N–H and O–H groups in total.